The SMILES string of the molecule is O=C(NC(=S)Nc1nccc(-c2cccs2)n1)c1ccccc1. The van der Waals surface area contributed by atoms with Crippen molar-refractivity contribution in [1.29, 1.82) is 0 Å². The summed E-state index contributed by atoms with van der Waals surface area (Å²) in [4.78, 5) is 21.6. The first-order chi connectivity index (χ1) is 11.2. The first-order valence-corrected chi connectivity index (χ1v) is 8.05. The van der Waals surface area contributed by atoms with Crippen LogP contribution in [0, 0.1) is 0 Å². The first kappa shape index (κ1) is 15.3. The highest BCUT2D eigenvalue weighted by Crippen LogP contribution is 2.22. The number of amides is 1. The minimum absolute atomic E-state index is 0.155. The number of thiophene rings is 1. The van der Waals surface area contributed by atoms with E-state index in [1.807, 2.05) is 29.6 Å². The van der Waals surface area contributed by atoms with Crippen molar-refractivity contribution >= 4 is 40.5 Å². The van der Waals surface area contributed by atoms with E-state index < -0.39 is 0 Å². The van der Waals surface area contributed by atoms with Gasteiger partial charge in [-0.25, -0.2) is 9.97 Å². The number of nitrogens with one attached hydrogen (secondary N) is 2. The second-order valence-corrected chi connectivity index (χ2v) is 5.87. The number of benzene rings is 1. The minimum atomic E-state index is -0.280. The van der Waals surface area contributed by atoms with Gasteiger partial charge in [-0.3, -0.25) is 10.1 Å². The average molecular weight is 340 g/mol. The first-order valence-electron chi connectivity index (χ1n) is 6.77. The third-order valence-electron chi connectivity index (χ3n) is 2.92. The highest BCUT2D eigenvalue weighted by Gasteiger charge is 2.09. The van der Waals surface area contributed by atoms with E-state index in [-0.39, 0.29) is 11.0 Å². The lowest BCUT2D eigenvalue weighted by Gasteiger charge is -2.08. The Morgan fingerprint density at radius 1 is 1.09 bits per heavy atom. The monoisotopic (exact) mass is 340 g/mol. The van der Waals surface area contributed by atoms with Crippen LogP contribution in [0.2, 0.25) is 0 Å². The Morgan fingerprint density at radius 2 is 1.91 bits per heavy atom. The van der Waals surface area contributed by atoms with Gasteiger partial charge in [0.05, 0.1) is 10.6 Å². The van der Waals surface area contributed by atoms with E-state index in [9.17, 15) is 4.79 Å². The number of nitrogens with zero attached hydrogens (tertiary/aromatic N) is 2. The van der Waals surface area contributed by atoms with Gasteiger partial charge in [-0.15, -0.1) is 11.3 Å². The maximum Gasteiger partial charge on any atom is 0.257 e. The summed E-state index contributed by atoms with van der Waals surface area (Å²) in [6, 6.07) is 14.6. The molecular weight excluding hydrogens is 328 g/mol. The molecule has 3 aromatic rings. The number of hydrogen-bond acceptors (Lipinski definition) is 5. The molecule has 0 unspecified atom stereocenters. The van der Waals surface area contributed by atoms with Crippen molar-refractivity contribution in [3.8, 4) is 10.6 Å². The summed E-state index contributed by atoms with van der Waals surface area (Å²) in [5.74, 6) is 0.0618. The lowest BCUT2D eigenvalue weighted by Crippen LogP contribution is -2.34. The molecule has 114 valence electrons. The fourth-order valence-corrected chi connectivity index (χ4v) is 2.76. The molecule has 0 atom stereocenters. The van der Waals surface area contributed by atoms with Crippen LogP contribution >= 0.6 is 23.6 Å². The van der Waals surface area contributed by atoms with Crippen molar-refractivity contribution in [1.82, 2.24) is 15.3 Å². The summed E-state index contributed by atoms with van der Waals surface area (Å²) in [6.45, 7) is 0. The number of hydrogen-bond donors (Lipinski definition) is 2. The smallest absolute Gasteiger partial charge is 0.257 e. The van der Waals surface area contributed by atoms with Crippen LogP contribution in [0.1, 0.15) is 10.4 Å². The lowest BCUT2D eigenvalue weighted by molar-refractivity contribution is 0.0977. The number of carbonyl (C=O) groups is 1. The summed E-state index contributed by atoms with van der Waals surface area (Å²) in [6.07, 6.45) is 1.64. The highest BCUT2D eigenvalue weighted by atomic mass is 32.1. The van der Waals surface area contributed by atoms with E-state index in [1.165, 1.54) is 0 Å². The van der Waals surface area contributed by atoms with Crippen molar-refractivity contribution in [3.05, 3.63) is 65.7 Å². The number of rotatable bonds is 3. The average Bonchev–Trinajstić information content (AvgIpc) is 3.10. The van der Waals surface area contributed by atoms with Crippen LogP contribution in [0.25, 0.3) is 10.6 Å². The minimum Gasteiger partial charge on any atom is -0.301 e. The van der Waals surface area contributed by atoms with Crippen LogP contribution in [0.15, 0.2) is 60.1 Å². The van der Waals surface area contributed by atoms with Gasteiger partial charge in [0.15, 0.2) is 5.11 Å². The predicted octanol–water partition coefficient (Wildman–Crippen LogP) is 3.33. The molecule has 0 aliphatic carbocycles. The quantitative estimate of drug-likeness (QED) is 0.716. The molecule has 0 saturated carbocycles. The number of aromatic nitrogens is 2. The van der Waals surface area contributed by atoms with Crippen molar-refractivity contribution in [2.45, 2.75) is 0 Å². The normalized spacial score (nSPS) is 10.1. The summed E-state index contributed by atoms with van der Waals surface area (Å²) >= 11 is 6.73. The Hall–Kier alpha value is -2.64. The maximum atomic E-state index is 12.0. The maximum absolute atomic E-state index is 12.0. The summed E-state index contributed by atoms with van der Waals surface area (Å²) < 4.78 is 0. The molecule has 0 saturated heterocycles. The van der Waals surface area contributed by atoms with Crippen LogP contribution < -0.4 is 10.6 Å². The molecule has 0 aliphatic heterocycles. The Balaban J connectivity index is 1.66. The fraction of sp³-hybridized carbons (Fsp3) is 0. The van der Waals surface area contributed by atoms with E-state index in [4.69, 9.17) is 12.2 Å². The second-order valence-electron chi connectivity index (χ2n) is 4.52. The Bertz CT molecular complexity index is 819. The summed E-state index contributed by atoms with van der Waals surface area (Å²) in [5, 5.41) is 7.57. The van der Waals surface area contributed by atoms with E-state index in [1.54, 1.807) is 41.8 Å². The van der Waals surface area contributed by atoms with Gasteiger partial charge < -0.3 is 5.32 Å². The van der Waals surface area contributed by atoms with Gasteiger partial charge in [-0.05, 0) is 41.9 Å². The molecule has 3 rings (SSSR count). The fourth-order valence-electron chi connectivity index (χ4n) is 1.88. The number of thiocarbonyl (C=S) groups is 1. The van der Waals surface area contributed by atoms with Crippen LogP contribution in [0.5, 0.6) is 0 Å². The zero-order chi connectivity index (χ0) is 16.1. The molecule has 0 radical (unpaired) electrons. The molecule has 0 bridgehead atoms. The molecular formula is C16H12N4OS2. The van der Waals surface area contributed by atoms with Gasteiger partial charge in [-0.2, -0.15) is 0 Å². The lowest BCUT2D eigenvalue weighted by atomic mass is 10.2. The van der Waals surface area contributed by atoms with Gasteiger partial charge >= 0.3 is 0 Å². The molecule has 0 aliphatic rings. The summed E-state index contributed by atoms with van der Waals surface area (Å²) in [7, 11) is 0. The highest BCUT2D eigenvalue weighted by molar-refractivity contribution is 7.80. The molecule has 1 amide bonds. The second kappa shape index (κ2) is 7.08. The zero-order valence-electron chi connectivity index (χ0n) is 11.9. The van der Waals surface area contributed by atoms with Crippen molar-refractivity contribution in [2.75, 3.05) is 5.32 Å². The third-order valence-corrected chi connectivity index (χ3v) is 4.01. The van der Waals surface area contributed by atoms with Crippen LogP contribution in [-0.4, -0.2) is 21.0 Å². The van der Waals surface area contributed by atoms with Crippen molar-refractivity contribution in [2.24, 2.45) is 0 Å². The standard InChI is InChI=1S/C16H12N4OS2/c21-14(11-5-2-1-3-6-11)19-16(22)20-15-17-9-8-12(18-15)13-7-4-10-23-13/h1-10H,(H2,17,18,19,20,21,22). The van der Waals surface area contributed by atoms with Gasteiger partial charge in [0, 0.05) is 11.8 Å². The number of anilines is 1. The van der Waals surface area contributed by atoms with Gasteiger partial charge in [0.25, 0.3) is 5.91 Å². The molecule has 0 fully saturated rings. The molecule has 2 N–H and O–H groups in total. The number of carbonyl (C=O) groups excluding carboxylic acids is 1. The topological polar surface area (TPSA) is 66.9 Å². The molecule has 7 heteroatoms. The largest absolute Gasteiger partial charge is 0.301 e. The molecule has 1 aromatic carbocycles. The van der Waals surface area contributed by atoms with Crippen LogP contribution in [0.3, 0.4) is 0 Å². The Morgan fingerprint density at radius 3 is 2.65 bits per heavy atom. The Kier molecular flexibility index (Phi) is 4.70. The molecule has 5 nitrogen and oxygen atoms in total. The van der Waals surface area contributed by atoms with Gasteiger partial charge in [0.1, 0.15) is 0 Å². The van der Waals surface area contributed by atoms with Crippen LogP contribution in [0.4, 0.5) is 5.95 Å². The Labute approximate surface area is 142 Å². The summed E-state index contributed by atoms with van der Waals surface area (Å²) in [5.41, 5.74) is 1.33. The van der Waals surface area contributed by atoms with E-state index >= 15 is 0 Å². The third kappa shape index (κ3) is 3.97. The van der Waals surface area contributed by atoms with Crippen molar-refractivity contribution in [3.63, 3.8) is 0 Å². The van der Waals surface area contributed by atoms with Crippen LogP contribution in [-0.2, 0) is 0 Å². The molecule has 2 heterocycles. The molecule has 23 heavy (non-hydrogen) atoms. The van der Waals surface area contributed by atoms with E-state index in [0.29, 0.717) is 11.5 Å². The van der Waals surface area contributed by atoms with E-state index in [2.05, 4.69) is 20.6 Å². The molecule has 0 spiro atoms. The van der Waals surface area contributed by atoms with Gasteiger partial charge in [-0.1, -0.05) is 24.3 Å². The zero-order valence-corrected chi connectivity index (χ0v) is 13.5. The van der Waals surface area contributed by atoms with Crippen molar-refractivity contribution < 1.29 is 4.79 Å². The van der Waals surface area contributed by atoms with E-state index in [0.717, 1.165) is 10.6 Å². The van der Waals surface area contributed by atoms with Gasteiger partial charge in [0.2, 0.25) is 5.95 Å². The molecule has 2 aromatic heterocycles. The predicted molar refractivity (Wildman–Crippen MR) is 95.5 cm³/mol.